The third-order valence-electron chi connectivity index (χ3n) is 4.03. The van der Waals surface area contributed by atoms with Crippen LogP contribution in [0.5, 0.6) is 0 Å². The summed E-state index contributed by atoms with van der Waals surface area (Å²) < 4.78 is 23.9. The Kier molecular flexibility index (Phi) is 4.21. The van der Waals surface area contributed by atoms with Crippen molar-refractivity contribution >= 4 is 37.8 Å². The molecule has 1 saturated carbocycles. The molecule has 1 heterocycles. The molecule has 1 amide bonds. The fourth-order valence-electron chi connectivity index (χ4n) is 2.30. The van der Waals surface area contributed by atoms with Gasteiger partial charge in [-0.15, -0.1) is 11.3 Å². The average molecular weight is 331 g/mol. The first kappa shape index (κ1) is 16.1. The summed E-state index contributed by atoms with van der Waals surface area (Å²) >= 11 is 1.10. The zero-order valence-electron chi connectivity index (χ0n) is 12.4. The second-order valence-electron chi connectivity index (χ2n) is 5.56. The first-order valence-electron chi connectivity index (χ1n) is 6.82. The van der Waals surface area contributed by atoms with E-state index in [1.807, 2.05) is 0 Å². The highest BCUT2D eigenvalue weighted by atomic mass is 32.2. The number of hydrogen-bond acceptors (Lipinski definition) is 6. The molecule has 1 fully saturated rings. The van der Waals surface area contributed by atoms with E-state index >= 15 is 0 Å². The molecular formula is C13H21N3O3S2. The van der Waals surface area contributed by atoms with Crippen LogP contribution in [0, 0.1) is 5.41 Å². The Morgan fingerprint density at radius 1 is 1.43 bits per heavy atom. The van der Waals surface area contributed by atoms with Crippen LogP contribution in [0.1, 0.15) is 35.9 Å². The summed E-state index contributed by atoms with van der Waals surface area (Å²) in [4.78, 5) is 12.1. The summed E-state index contributed by atoms with van der Waals surface area (Å²) in [5, 5.41) is 6.14. The highest BCUT2D eigenvalue weighted by Crippen LogP contribution is 2.49. The molecule has 0 spiro atoms. The largest absolute Gasteiger partial charge is 0.396 e. The van der Waals surface area contributed by atoms with Crippen LogP contribution in [-0.4, -0.2) is 34.2 Å². The second kappa shape index (κ2) is 5.49. The highest BCUT2D eigenvalue weighted by molar-refractivity contribution is 7.91. The number of carbonyl (C=O) groups is 1. The van der Waals surface area contributed by atoms with Gasteiger partial charge in [-0.25, -0.2) is 8.42 Å². The van der Waals surface area contributed by atoms with Crippen molar-refractivity contribution in [1.29, 1.82) is 0 Å². The summed E-state index contributed by atoms with van der Waals surface area (Å²) in [6.07, 6.45) is 4.45. The Morgan fingerprint density at radius 2 is 2.05 bits per heavy atom. The van der Waals surface area contributed by atoms with E-state index in [1.165, 1.54) is 7.05 Å². The van der Waals surface area contributed by atoms with Crippen LogP contribution < -0.4 is 16.4 Å². The van der Waals surface area contributed by atoms with E-state index in [0.29, 0.717) is 11.5 Å². The molecule has 1 aliphatic rings. The molecule has 1 aliphatic carbocycles. The van der Waals surface area contributed by atoms with Crippen LogP contribution in [-0.2, 0) is 9.84 Å². The van der Waals surface area contributed by atoms with Gasteiger partial charge < -0.3 is 16.4 Å². The molecule has 1 aromatic heterocycles. The van der Waals surface area contributed by atoms with Crippen molar-refractivity contribution in [3.8, 4) is 0 Å². The van der Waals surface area contributed by atoms with Gasteiger partial charge in [-0.1, -0.05) is 6.92 Å². The standard InChI is InChI=1S/C13H21N3O3S2/c1-4-13(5-6-13)7-16-12-10(21(3,18)19)8(14)9(20-12)11(17)15-2/h16H,4-7,14H2,1-3H3,(H,15,17). The van der Waals surface area contributed by atoms with Crippen LogP contribution in [0.2, 0.25) is 0 Å². The van der Waals surface area contributed by atoms with Crippen LogP contribution in [0.3, 0.4) is 0 Å². The number of nitrogens with one attached hydrogen (secondary N) is 2. The fourth-order valence-corrected chi connectivity index (χ4v) is 4.81. The molecule has 0 aliphatic heterocycles. The summed E-state index contributed by atoms with van der Waals surface area (Å²) in [5.41, 5.74) is 6.18. The van der Waals surface area contributed by atoms with Crippen molar-refractivity contribution < 1.29 is 13.2 Å². The number of anilines is 2. The van der Waals surface area contributed by atoms with Gasteiger partial charge in [-0.05, 0) is 24.7 Å². The minimum atomic E-state index is -3.50. The molecule has 0 aromatic carbocycles. The quantitative estimate of drug-likeness (QED) is 0.736. The van der Waals surface area contributed by atoms with Crippen molar-refractivity contribution in [2.75, 3.05) is 30.9 Å². The molecule has 2 rings (SSSR count). The van der Waals surface area contributed by atoms with Crippen LogP contribution >= 0.6 is 11.3 Å². The smallest absolute Gasteiger partial charge is 0.263 e. The number of hydrogen-bond donors (Lipinski definition) is 3. The van der Waals surface area contributed by atoms with Crippen LogP contribution in [0.25, 0.3) is 0 Å². The van der Waals surface area contributed by atoms with Crippen molar-refractivity contribution in [1.82, 2.24) is 5.32 Å². The third-order valence-corrected chi connectivity index (χ3v) is 6.49. The number of carbonyl (C=O) groups excluding carboxylic acids is 1. The van der Waals surface area contributed by atoms with Crippen molar-refractivity contribution in [3.05, 3.63) is 4.88 Å². The third kappa shape index (κ3) is 3.16. The Labute approximate surface area is 129 Å². The van der Waals surface area contributed by atoms with Gasteiger partial charge in [0.2, 0.25) is 0 Å². The van der Waals surface area contributed by atoms with Gasteiger partial charge in [0.25, 0.3) is 5.91 Å². The zero-order chi connectivity index (χ0) is 15.8. The predicted molar refractivity (Wildman–Crippen MR) is 85.7 cm³/mol. The summed E-state index contributed by atoms with van der Waals surface area (Å²) in [6, 6.07) is 0. The number of rotatable bonds is 6. The predicted octanol–water partition coefficient (Wildman–Crippen LogP) is 1.70. The Morgan fingerprint density at radius 3 is 2.48 bits per heavy atom. The van der Waals surface area contributed by atoms with E-state index in [2.05, 4.69) is 17.6 Å². The maximum atomic E-state index is 12.0. The SMILES string of the molecule is CCC1(CNc2sc(C(=O)NC)c(N)c2S(C)(=O)=O)CC1. The Balaban J connectivity index is 2.37. The molecule has 118 valence electrons. The van der Waals surface area contributed by atoms with Crippen LogP contribution in [0.4, 0.5) is 10.7 Å². The molecule has 6 nitrogen and oxygen atoms in total. The molecule has 21 heavy (non-hydrogen) atoms. The van der Waals surface area contributed by atoms with Crippen molar-refractivity contribution in [3.63, 3.8) is 0 Å². The van der Waals surface area contributed by atoms with Gasteiger partial charge in [-0.2, -0.15) is 0 Å². The minimum Gasteiger partial charge on any atom is -0.396 e. The molecule has 0 saturated heterocycles. The first-order chi connectivity index (χ1) is 9.74. The van der Waals surface area contributed by atoms with Gasteiger partial charge in [0.05, 0.1) is 5.69 Å². The first-order valence-corrected chi connectivity index (χ1v) is 9.53. The van der Waals surface area contributed by atoms with E-state index in [0.717, 1.165) is 36.9 Å². The van der Waals surface area contributed by atoms with Gasteiger partial charge in [0.15, 0.2) is 9.84 Å². The van der Waals surface area contributed by atoms with E-state index in [1.54, 1.807) is 0 Å². The average Bonchev–Trinajstić information content (AvgIpc) is 3.12. The lowest BCUT2D eigenvalue weighted by molar-refractivity contribution is 0.0968. The number of nitrogen functional groups attached to an aromatic ring is 1. The van der Waals surface area contributed by atoms with Gasteiger partial charge in [0.1, 0.15) is 14.8 Å². The molecule has 8 heteroatoms. The lowest BCUT2D eigenvalue weighted by atomic mass is 10.0. The van der Waals surface area contributed by atoms with Crippen molar-refractivity contribution in [2.45, 2.75) is 31.1 Å². The number of thiophene rings is 1. The Hall–Kier alpha value is -1.28. The molecular weight excluding hydrogens is 310 g/mol. The summed E-state index contributed by atoms with van der Waals surface area (Å²) in [5.74, 6) is -0.368. The van der Waals surface area contributed by atoms with Gasteiger partial charge in [-0.3, -0.25) is 4.79 Å². The number of sulfone groups is 1. The van der Waals surface area contributed by atoms with Gasteiger partial charge >= 0.3 is 0 Å². The molecule has 0 atom stereocenters. The van der Waals surface area contributed by atoms with E-state index in [-0.39, 0.29) is 26.8 Å². The number of amides is 1. The van der Waals surface area contributed by atoms with Crippen molar-refractivity contribution in [2.24, 2.45) is 5.41 Å². The highest BCUT2D eigenvalue weighted by Gasteiger charge is 2.40. The minimum absolute atomic E-state index is 0.0331. The summed E-state index contributed by atoms with van der Waals surface area (Å²) in [7, 11) is -2.01. The number of nitrogens with two attached hydrogens (primary N) is 1. The fraction of sp³-hybridized carbons (Fsp3) is 0.615. The lowest BCUT2D eigenvalue weighted by Gasteiger charge is -2.14. The van der Waals surface area contributed by atoms with Gasteiger partial charge in [0, 0.05) is 19.8 Å². The Bertz CT molecular complexity index is 660. The van der Waals surface area contributed by atoms with Crippen LogP contribution in [0.15, 0.2) is 4.90 Å². The molecule has 0 unspecified atom stereocenters. The maximum Gasteiger partial charge on any atom is 0.263 e. The van der Waals surface area contributed by atoms with E-state index in [4.69, 9.17) is 5.73 Å². The second-order valence-corrected chi connectivity index (χ2v) is 8.53. The van der Waals surface area contributed by atoms with E-state index in [9.17, 15) is 13.2 Å². The molecule has 4 N–H and O–H groups in total. The monoisotopic (exact) mass is 331 g/mol. The summed E-state index contributed by atoms with van der Waals surface area (Å²) in [6.45, 7) is 2.84. The normalized spacial score (nSPS) is 16.5. The topological polar surface area (TPSA) is 101 Å². The zero-order valence-corrected chi connectivity index (χ0v) is 14.1. The molecule has 0 radical (unpaired) electrons. The van der Waals surface area contributed by atoms with E-state index < -0.39 is 9.84 Å². The maximum absolute atomic E-state index is 12.0. The molecule has 0 bridgehead atoms. The lowest BCUT2D eigenvalue weighted by Crippen LogP contribution is -2.18. The molecule has 1 aromatic rings.